The summed E-state index contributed by atoms with van der Waals surface area (Å²) < 4.78 is 37.5. The van der Waals surface area contributed by atoms with Crippen LogP contribution >= 0.6 is 16.1 Å². The predicted molar refractivity (Wildman–Crippen MR) is 112 cm³/mol. The second-order valence-electron chi connectivity index (χ2n) is 4.70. The Hall–Kier alpha value is -2.09. The van der Waals surface area contributed by atoms with Crippen LogP contribution in [0.15, 0.2) is 78.6 Å². The van der Waals surface area contributed by atoms with Crippen LogP contribution in [0, 0.1) is 40.2 Å². The topological polar surface area (TPSA) is 99.5 Å². The zero-order chi connectivity index (χ0) is 23.8. The van der Waals surface area contributed by atoms with Crippen LogP contribution in [0.3, 0.4) is 0 Å². The molecule has 0 saturated heterocycles. The van der Waals surface area contributed by atoms with Crippen LogP contribution in [-0.4, -0.2) is 0 Å². The van der Waals surface area contributed by atoms with Crippen molar-refractivity contribution in [3.8, 4) is 0 Å². The summed E-state index contributed by atoms with van der Waals surface area (Å²) in [6, 6.07) is 26.3. The number of hydrogen-bond acceptors (Lipinski definition) is 0. The molecule has 0 atom stereocenters. The van der Waals surface area contributed by atoms with Crippen LogP contribution in [0.5, 0.6) is 0 Å². The van der Waals surface area contributed by atoms with Gasteiger partial charge in [-0.15, -0.1) is 0 Å². The monoisotopic (exact) mass is 618 g/mol. The fraction of sp³-hybridized carbons (Fsp3) is 0.0435. The van der Waals surface area contributed by atoms with E-state index in [0.717, 1.165) is 0 Å². The molecule has 0 spiro atoms. The van der Waals surface area contributed by atoms with Gasteiger partial charge >= 0.3 is 56.5 Å². The third-order valence-corrected chi connectivity index (χ3v) is 7.29. The van der Waals surface area contributed by atoms with E-state index in [9.17, 15) is 0 Å². The number of rotatable bonds is 3. The summed E-state index contributed by atoms with van der Waals surface area (Å²) in [6.07, 6.45) is 0. The molecule has 3 rings (SSSR count). The van der Waals surface area contributed by atoms with Crippen LogP contribution in [0.2, 0.25) is 0 Å². The van der Waals surface area contributed by atoms with E-state index >= 15 is 0 Å². The Kier molecular flexibility index (Phi) is 32.7. The van der Waals surface area contributed by atoms with E-state index in [-0.39, 0.29) is 21.1 Å². The van der Waals surface area contributed by atoms with Gasteiger partial charge in [0.05, 0.1) is 0 Å². The van der Waals surface area contributed by atoms with Crippen LogP contribution < -0.4 is 15.6 Å². The van der Waals surface area contributed by atoms with Gasteiger partial charge in [-0.3, -0.25) is 0 Å². The molecule has 1 heterocycles. The Labute approximate surface area is 200 Å². The van der Waals surface area contributed by atoms with Crippen molar-refractivity contribution in [2.45, 2.75) is 6.92 Å². The number of aryl methyl sites for hydroxylation is 1. The van der Waals surface area contributed by atoms with Gasteiger partial charge in [-0.2, -0.15) is 0 Å². The molecule has 0 bridgehead atoms. The first-order valence-electron chi connectivity index (χ1n) is 7.69. The van der Waals surface area contributed by atoms with Crippen LogP contribution in [-0.2, 0) is 44.3 Å². The van der Waals surface area contributed by atoms with Gasteiger partial charge < -0.3 is 0 Å². The molecule has 0 unspecified atom stereocenters. The Morgan fingerprint density at radius 3 is 1.23 bits per heavy atom. The molecule has 8 heteroatoms. The van der Waals surface area contributed by atoms with Gasteiger partial charge in [0.2, 0.25) is 0 Å². The van der Waals surface area contributed by atoms with Gasteiger partial charge in [0.15, 0.2) is 0 Å². The summed E-state index contributed by atoms with van der Waals surface area (Å²) in [7, 11) is 0.918. The maximum atomic E-state index is 7.50. The van der Waals surface area contributed by atoms with Crippen LogP contribution in [0.25, 0.3) is 0 Å². The first-order valence-corrected chi connectivity index (χ1v) is 10.00. The Bertz CT molecular complexity index is 816. The van der Waals surface area contributed by atoms with Crippen molar-refractivity contribution in [2.24, 2.45) is 0 Å². The Balaban J connectivity index is -0.000000293. The fourth-order valence-corrected chi connectivity index (χ4v) is 6.06. The Morgan fingerprint density at radius 2 is 0.935 bits per heavy atom. The quantitative estimate of drug-likeness (QED) is 0.240. The third kappa shape index (κ3) is 14.5. The van der Waals surface area contributed by atoms with Crippen molar-refractivity contribution < 1.29 is 44.3 Å². The average Bonchev–Trinajstić information content (AvgIpc) is 2.88. The number of benzene rings is 2. The maximum Gasteiger partial charge on any atom is 0 e. The predicted octanol–water partition coefficient (Wildman–Crippen LogP) is 4.14. The summed E-state index contributed by atoms with van der Waals surface area (Å²) >= 11 is 0. The van der Waals surface area contributed by atoms with Crippen molar-refractivity contribution in [1.29, 1.82) is 0 Å². The largest absolute Gasteiger partial charge is 0 e. The van der Waals surface area contributed by atoms with Crippen molar-refractivity contribution in [3.63, 3.8) is 0 Å². The molecule has 0 N–H and O–H groups in total. The van der Waals surface area contributed by atoms with E-state index in [1.807, 2.05) is 0 Å². The second-order valence-corrected chi connectivity index (χ2v) is 8.24. The molecule has 0 aliphatic carbocycles. The summed E-state index contributed by atoms with van der Waals surface area (Å²) in [5.74, 6) is 2.30. The minimum Gasteiger partial charge on any atom is 0 e. The molecule has 154 valence electrons. The van der Waals surface area contributed by atoms with Crippen molar-refractivity contribution in [3.05, 3.63) is 117 Å². The van der Waals surface area contributed by atoms with Gasteiger partial charge in [-0.1, -0.05) is 74.9 Å². The molecule has 0 radical (unpaired) electrons. The van der Waals surface area contributed by atoms with Crippen molar-refractivity contribution in [2.75, 3.05) is 0 Å². The first kappa shape index (κ1) is 36.3. The normalized spacial score (nSPS) is 7.48. The molecule has 31 heavy (non-hydrogen) atoms. The van der Waals surface area contributed by atoms with E-state index in [0.29, 0.717) is 0 Å². The molecule has 3 aromatic rings. The number of hydrogen-bond donors (Lipinski definition) is 0. The average molecular weight is 618 g/mol. The zero-order valence-corrected chi connectivity index (χ0v) is 21.1. The molecule has 2 aromatic carbocycles. The van der Waals surface area contributed by atoms with E-state index in [2.05, 4.69) is 119 Å². The summed E-state index contributed by atoms with van der Waals surface area (Å²) in [5.41, 5.74) is 1.35. The van der Waals surface area contributed by atoms with E-state index in [1.165, 1.54) is 29.4 Å². The molecule has 0 saturated carbocycles. The first-order chi connectivity index (χ1) is 14.8. The molecule has 0 aliphatic rings. The molecule has 0 amide bonds. The molecular formula is C23H16O5P2W. The minimum absolute atomic E-state index is 0. The van der Waals surface area contributed by atoms with Crippen molar-refractivity contribution in [1.82, 2.24) is 0 Å². The second kappa shape index (κ2) is 27.9. The Morgan fingerprint density at radius 1 is 0.581 bits per heavy atom. The molecule has 1 aromatic heterocycles. The summed E-state index contributed by atoms with van der Waals surface area (Å²) in [5, 5.41) is 4.35. The SMILES string of the molecule is Cc1ccc(P(c2ccccc2)c2ccccc2)pc1.[C-]#[O+].[C-]#[O+].[C-]#[O+].[C-]#[O+].[C-]#[O+].[W]. The summed E-state index contributed by atoms with van der Waals surface area (Å²) in [4.78, 5) is 0. The smallest absolute Gasteiger partial charge is 0 e. The van der Waals surface area contributed by atoms with E-state index in [4.69, 9.17) is 23.3 Å². The fourth-order valence-electron chi connectivity index (χ4n) is 2.16. The van der Waals surface area contributed by atoms with Gasteiger partial charge in [0, 0.05) is 26.1 Å². The molecule has 0 aliphatic heterocycles. The third-order valence-electron chi connectivity index (χ3n) is 3.15. The van der Waals surface area contributed by atoms with Gasteiger partial charge in [-0.25, -0.2) is 0 Å². The maximum absolute atomic E-state index is 7.50. The zero-order valence-electron chi connectivity index (χ0n) is 16.3. The van der Waals surface area contributed by atoms with Crippen LogP contribution in [0.1, 0.15) is 5.56 Å². The van der Waals surface area contributed by atoms with Crippen molar-refractivity contribution >= 4 is 31.8 Å². The minimum atomic E-state index is -0.415. The van der Waals surface area contributed by atoms with E-state index in [1.54, 1.807) is 0 Å². The summed E-state index contributed by atoms with van der Waals surface area (Å²) in [6.45, 7) is 24.7. The van der Waals surface area contributed by atoms with Gasteiger partial charge in [0.25, 0.3) is 0 Å². The standard InChI is InChI=1S/C18H16P2.5CO.W/c1-15-12-13-18(19-14-15)20(16-8-4-2-5-9-16)17-10-6-3-7-11-17;5*1-2;/h2-14H,1H3;;;;;;. The van der Waals surface area contributed by atoms with Gasteiger partial charge in [0.1, 0.15) is 0 Å². The van der Waals surface area contributed by atoms with Gasteiger partial charge in [-0.05, 0) is 42.9 Å². The molecular weight excluding hydrogens is 602 g/mol. The molecule has 0 fully saturated rings. The van der Waals surface area contributed by atoms with E-state index < -0.39 is 7.92 Å². The molecule has 5 nitrogen and oxygen atoms in total. The van der Waals surface area contributed by atoms with Crippen LogP contribution in [0.4, 0.5) is 0 Å².